The molecule has 0 aliphatic carbocycles. The van der Waals surface area contributed by atoms with Crippen molar-refractivity contribution >= 4 is 43.4 Å². The Morgan fingerprint density at radius 2 is 1.84 bits per heavy atom. The van der Waals surface area contributed by atoms with Gasteiger partial charge < -0.3 is 4.42 Å². The lowest BCUT2D eigenvalue weighted by Crippen LogP contribution is -2.07. The van der Waals surface area contributed by atoms with Crippen molar-refractivity contribution in [3.05, 3.63) is 64.4 Å². The van der Waals surface area contributed by atoms with Crippen LogP contribution in [0.3, 0.4) is 0 Å². The summed E-state index contributed by atoms with van der Waals surface area (Å²) < 4.78 is 60.8. The largest absolute Gasteiger partial charge is 0.455 e. The standard InChI is InChI=1S/C25H19F4NOS/c1-12(2)6-15-9-14-4-5-30-22(24(14)32-15)18-8-13(3)7-17-16-10-20(26)19(25(27,28)29)11-21(16)31-23(17)18/h4-5,7-12H,6H2,1-3H3. The second kappa shape index (κ2) is 7.30. The van der Waals surface area contributed by atoms with Crippen LogP contribution in [0.25, 0.3) is 43.3 Å². The van der Waals surface area contributed by atoms with Gasteiger partial charge in [0.2, 0.25) is 0 Å². The van der Waals surface area contributed by atoms with Gasteiger partial charge in [0.1, 0.15) is 17.0 Å². The van der Waals surface area contributed by atoms with Crippen molar-refractivity contribution in [3.8, 4) is 11.3 Å². The molecule has 0 bridgehead atoms. The van der Waals surface area contributed by atoms with Gasteiger partial charge in [0.15, 0.2) is 0 Å². The third-order valence-corrected chi connectivity index (χ3v) is 6.64. The Hall–Kier alpha value is -2.93. The number of nitrogens with zero attached hydrogens (tertiary/aromatic N) is 1. The summed E-state index contributed by atoms with van der Waals surface area (Å²) in [6, 6.07) is 9.47. The molecule has 3 heterocycles. The number of aryl methyl sites for hydroxylation is 1. The second-order valence-electron chi connectivity index (χ2n) is 8.51. The minimum absolute atomic E-state index is 0.000531. The minimum atomic E-state index is -4.80. The Morgan fingerprint density at radius 1 is 1.06 bits per heavy atom. The first-order valence-electron chi connectivity index (χ1n) is 10.2. The van der Waals surface area contributed by atoms with Crippen LogP contribution >= 0.6 is 11.3 Å². The molecular weight excluding hydrogens is 438 g/mol. The van der Waals surface area contributed by atoms with E-state index in [-0.39, 0.29) is 5.58 Å². The van der Waals surface area contributed by atoms with Crippen molar-refractivity contribution in [1.29, 1.82) is 0 Å². The first-order chi connectivity index (χ1) is 15.1. The molecule has 7 heteroatoms. The number of pyridine rings is 1. The molecule has 5 rings (SSSR count). The van der Waals surface area contributed by atoms with Gasteiger partial charge in [-0.3, -0.25) is 4.98 Å². The number of alkyl halides is 3. The van der Waals surface area contributed by atoms with Gasteiger partial charge in [0.05, 0.1) is 16.0 Å². The highest BCUT2D eigenvalue weighted by molar-refractivity contribution is 7.19. The van der Waals surface area contributed by atoms with Crippen LogP contribution in [0.15, 0.2) is 47.0 Å². The van der Waals surface area contributed by atoms with E-state index in [9.17, 15) is 17.6 Å². The fraction of sp³-hybridized carbons (Fsp3) is 0.240. The number of hydrogen-bond donors (Lipinski definition) is 0. The summed E-state index contributed by atoms with van der Waals surface area (Å²) in [7, 11) is 0. The number of halogens is 4. The number of benzene rings is 2. The third-order valence-electron chi connectivity index (χ3n) is 5.46. The average Bonchev–Trinajstić information content (AvgIpc) is 3.25. The van der Waals surface area contributed by atoms with E-state index in [4.69, 9.17) is 4.42 Å². The lowest BCUT2D eigenvalue weighted by atomic mass is 10.0. The van der Waals surface area contributed by atoms with Gasteiger partial charge in [-0.05, 0) is 66.6 Å². The Kier molecular flexibility index (Phi) is 4.78. The Labute approximate surface area is 185 Å². The topological polar surface area (TPSA) is 26.0 Å². The summed E-state index contributed by atoms with van der Waals surface area (Å²) in [4.78, 5) is 5.85. The van der Waals surface area contributed by atoms with Crippen LogP contribution in [0.2, 0.25) is 0 Å². The summed E-state index contributed by atoms with van der Waals surface area (Å²) in [5.41, 5.74) is 1.36. The van der Waals surface area contributed by atoms with E-state index in [0.717, 1.165) is 34.2 Å². The molecule has 0 saturated carbocycles. The zero-order chi connectivity index (χ0) is 22.8. The summed E-state index contributed by atoms with van der Waals surface area (Å²) in [6.45, 7) is 6.22. The van der Waals surface area contributed by atoms with Crippen LogP contribution in [-0.2, 0) is 12.6 Å². The Bertz CT molecular complexity index is 1490. The van der Waals surface area contributed by atoms with Crippen LogP contribution in [0, 0.1) is 18.7 Å². The van der Waals surface area contributed by atoms with Gasteiger partial charge in [-0.1, -0.05) is 13.8 Å². The molecule has 0 atom stereocenters. The molecule has 164 valence electrons. The zero-order valence-electron chi connectivity index (χ0n) is 17.6. The normalized spacial score (nSPS) is 12.6. The molecule has 0 aliphatic heterocycles. The van der Waals surface area contributed by atoms with Crippen molar-refractivity contribution in [1.82, 2.24) is 4.98 Å². The molecule has 0 radical (unpaired) electrons. The van der Waals surface area contributed by atoms with E-state index < -0.39 is 17.6 Å². The van der Waals surface area contributed by atoms with Crippen molar-refractivity contribution in [3.63, 3.8) is 0 Å². The highest BCUT2D eigenvalue weighted by atomic mass is 32.1. The maximum absolute atomic E-state index is 14.3. The lowest BCUT2D eigenvalue weighted by Gasteiger charge is -2.07. The molecule has 5 aromatic rings. The van der Waals surface area contributed by atoms with E-state index in [1.807, 2.05) is 19.1 Å². The van der Waals surface area contributed by atoms with E-state index >= 15 is 0 Å². The van der Waals surface area contributed by atoms with Crippen LogP contribution in [0.4, 0.5) is 17.6 Å². The fourth-order valence-electron chi connectivity index (χ4n) is 4.15. The van der Waals surface area contributed by atoms with Crippen molar-refractivity contribution in [2.75, 3.05) is 0 Å². The van der Waals surface area contributed by atoms with E-state index in [1.54, 1.807) is 23.6 Å². The smallest absolute Gasteiger partial charge is 0.419 e. The fourth-order valence-corrected chi connectivity index (χ4v) is 5.52. The van der Waals surface area contributed by atoms with Gasteiger partial charge in [0.25, 0.3) is 0 Å². The first-order valence-corrected chi connectivity index (χ1v) is 11.0. The summed E-state index contributed by atoms with van der Waals surface area (Å²) in [5, 5.41) is 1.95. The van der Waals surface area contributed by atoms with Gasteiger partial charge >= 0.3 is 6.18 Å². The maximum atomic E-state index is 14.3. The quantitative estimate of drug-likeness (QED) is 0.254. The number of rotatable bonds is 3. The Morgan fingerprint density at radius 3 is 2.56 bits per heavy atom. The molecular formula is C25H19F4NOS. The SMILES string of the molecule is Cc1cc(-c2nccc3cc(CC(C)C)sc23)c2oc3cc(C(F)(F)F)c(F)cc3c2c1. The lowest BCUT2D eigenvalue weighted by molar-refractivity contribution is -0.139. The molecule has 0 amide bonds. The van der Waals surface area contributed by atoms with Crippen LogP contribution in [0.5, 0.6) is 0 Å². The van der Waals surface area contributed by atoms with Crippen molar-refractivity contribution in [2.24, 2.45) is 5.92 Å². The highest BCUT2D eigenvalue weighted by Crippen LogP contribution is 2.42. The number of thiophene rings is 1. The van der Waals surface area contributed by atoms with Gasteiger partial charge in [-0.15, -0.1) is 11.3 Å². The van der Waals surface area contributed by atoms with E-state index in [1.165, 1.54) is 4.88 Å². The molecule has 32 heavy (non-hydrogen) atoms. The van der Waals surface area contributed by atoms with Crippen molar-refractivity contribution in [2.45, 2.75) is 33.4 Å². The summed E-state index contributed by atoms with van der Waals surface area (Å²) in [6.07, 6.45) is -2.12. The van der Waals surface area contributed by atoms with Crippen molar-refractivity contribution < 1.29 is 22.0 Å². The monoisotopic (exact) mass is 457 g/mol. The molecule has 2 aromatic carbocycles. The molecule has 0 N–H and O–H groups in total. The second-order valence-corrected chi connectivity index (χ2v) is 9.64. The van der Waals surface area contributed by atoms with Gasteiger partial charge in [0, 0.05) is 27.4 Å². The molecule has 0 saturated heterocycles. The molecule has 3 aromatic heterocycles. The van der Waals surface area contributed by atoms with E-state index in [0.29, 0.717) is 33.5 Å². The third kappa shape index (κ3) is 3.45. The molecule has 0 aliphatic rings. The molecule has 0 unspecified atom stereocenters. The number of fused-ring (bicyclic) bond motifs is 4. The summed E-state index contributed by atoms with van der Waals surface area (Å²) in [5.74, 6) is -0.800. The average molecular weight is 457 g/mol. The zero-order valence-corrected chi connectivity index (χ0v) is 18.4. The maximum Gasteiger partial charge on any atom is 0.419 e. The predicted octanol–water partition coefficient (Wildman–Crippen LogP) is 8.53. The van der Waals surface area contributed by atoms with E-state index in [2.05, 4.69) is 24.9 Å². The number of furan rings is 1. The highest BCUT2D eigenvalue weighted by Gasteiger charge is 2.35. The van der Waals surface area contributed by atoms with Crippen LogP contribution in [-0.4, -0.2) is 4.98 Å². The molecule has 0 spiro atoms. The predicted molar refractivity (Wildman–Crippen MR) is 121 cm³/mol. The Balaban J connectivity index is 1.80. The van der Waals surface area contributed by atoms with Crippen LogP contribution in [0.1, 0.15) is 29.9 Å². The van der Waals surface area contributed by atoms with Gasteiger partial charge in [-0.25, -0.2) is 4.39 Å². The first kappa shape index (κ1) is 20.9. The minimum Gasteiger partial charge on any atom is -0.455 e. The molecule has 0 fully saturated rings. The number of aromatic nitrogens is 1. The van der Waals surface area contributed by atoms with Gasteiger partial charge in [-0.2, -0.15) is 13.2 Å². The molecule has 2 nitrogen and oxygen atoms in total. The number of hydrogen-bond acceptors (Lipinski definition) is 3. The summed E-state index contributed by atoms with van der Waals surface area (Å²) >= 11 is 1.66. The van der Waals surface area contributed by atoms with Crippen LogP contribution < -0.4 is 0 Å².